The van der Waals surface area contributed by atoms with E-state index in [1.54, 1.807) is 0 Å². The molecule has 0 aliphatic heterocycles. The van der Waals surface area contributed by atoms with Crippen LogP contribution in [-0.4, -0.2) is 20.9 Å². The summed E-state index contributed by atoms with van der Waals surface area (Å²) < 4.78 is 1.38. The summed E-state index contributed by atoms with van der Waals surface area (Å²) in [4.78, 5) is 22.2. The first-order valence-corrected chi connectivity index (χ1v) is 5.92. The highest BCUT2D eigenvalue weighted by atomic mass is 16.4. The number of carboxylic acid groups (broad SMARTS) is 1. The van der Waals surface area contributed by atoms with Crippen LogP contribution in [0.25, 0.3) is 5.69 Å². The number of hydrogen-bond acceptors (Lipinski definition) is 3. The van der Waals surface area contributed by atoms with Gasteiger partial charge in [-0.15, -0.1) is 0 Å². The molecule has 5 heteroatoms. The number of aromatic carboxylic acids is 1. The van der Waals surface area contributed by atoms with Crippen LogP contribution in [0, 0.1) is 0 Å². The minimum Gasteiger partial charge on any atom is -0.476 e. The van der Waals surface area contributed by atoms with Crippen molar-refractivity contribution in [1.82, 2.24) is 9.78 Å². The Labute approximate surface area is 110 Å². The minimum absolute atomic E-state index is 0.422. The molecule has 1 aromatic heterocycles. The van der Waals surface area contributed by atoms with Gasteiger partial charge in [0.05, 0.1) is 5.69 Å². The third-order valence-electron chi connectivity index (χ3n) is 2.84. The molecule has 0 aliphatic carbocycles. The molecule has 0 bridgehead atoms. The Kier molecular flexibility index (Phi) is 3.46. The predicted molar refractivity (Wildman–Crippen MR) is 70.9 cm³/mol. The second-order valence-corrected chi connectivity index (χ2v) is 4.52. The van der Waals surface area contributed by atoms with Crippen molar-refractivity contribution in [2.24, 2.45) is 0 Å². The van der Waals surface area contributed by atoms with Gasteiger partial charge in [-0.25, -0.2) is 9.48 Å². The van der Waals surface area contributed by atoms with E-state index < -0.39 is 17.1 Å². The second-order valence-electron chi connectivity index (χ2n) is 4.52. The molecule has 1 heterocycles. The summed E-state index contributed by atoms with van der Waals surface area (Å²) in [5.41, 5.74) is 0.827. The molecule has 0 saturated heterocycles. The van der Waals surface area contributed by atoms with Gasteiger partial charge in [0.1, 0.15) is 0 Å². The van der Waals surface area contributed by atoms with E-state index >= 15 is 0 Å². The van der Waals surface area contributed by atoms with E-state index in [0.29, 0.717) is 11.6 Å². The fraction of sp³-hybridized carbons (Fsp3) is 0.214. The highest BCUT2D eigenvalue weighted by Crippen LogP contribution is 2.16. The molecule has 0 saturated carbocycles. The van der Waals surface area contributed by atoms with E-state index in [9.17, 15) is 9.59 Å². The molecule has 1 aromatic carbocycles. The molecule has 0 aliphatic rings. The average Bonchev–Trinajstić information content (AvgIpc) is 2.39. The fourth-order valence-corrected chi connectivity index (χ4v) is 1.71. The predicted octanol–water partition coefficient (Wildman–Crippen LogP) is 2.05. The smallest absolute Gasteiger partial charge is 0.360 e. The van der Waals surface area contributed by atoms with Crippen molar-refractivity contribution in [3.05, 3.63) is 58.0 Å². The van der Waals surface area contributed by atoms with Crippen LogP contribution in [0.1, 0.15) is 35.8 Å². The molecule has 98 valence electrons. The largest absolute Gasteiger partial charge is 0.476 e. The van der Waals surface area contributed by atoms with Crippen molar-refractivity contribution in [2.45, 2.75) is 19.8 Å². The lowest BCUT2D eigenvalue weighted by Crippen LogP contribution is -2.20. The van der Waals surface area contributed by atoms with Crippen molar-refractivity contribution in [3.8, 4) is 5.69 Å². The van der Waals surface area contributed by atoms with E-state index in [4.69, 9.17) is 5.11 Å². The van der Waals surface area contributed by atoms with Gasteiger partial charge in [0.15, 0.2) is 0 Å². The molecule has 0 radical (unpaired) electrons. The molecule has 0 spiro atoms. The Morgan fingerprint density at radius 3 is 2.37 bits per heavy atom. The van der Waals surface area contributed by atoms with Gasteiger partial charge in [0.2, 0.25) is 11.1 Å². The Morgan fingerprint density at radius 2 is 1.84 bits per heavy atom. The zero-order chi connectivity index (χ0) is 14.0. The van der Waals surface area contributed by atoms with Crippen LogP contribution in [0.3, 0.4) is 0 Å². The van der Waals surface area contributed by atoms with Crippen molar-refractivity contribution in [2.75, 3.05) is 0 Å². The maximum Gasteiger partial charge on any atom is 0.360 e. The van der Waals surface area contributed by atoms with Crippen LogP contribution < -0.4 is 5.43 Å². The third-order valence-corrected chi connectivity index (χ3v) is 2.84. The van der Waals surface area contributed by atoms with Crippen LogP contribution in [-0.2, 0) is 0 Å². The number of carboxylic acids is 1. The minimum atomic E-state index is -1.32. The number of nitrogens with zero attached hydrogens (tertiary/aromatic N) is 2. The molecular weight excluding hydrogens is 244 g/mol. The molecule has 5 nitrogen and oxygen atoms in total. The molecular formula is C14H14N2O3. The summed E-state index contributed by atoms with van der Waals surface area (Å²) in [5, 5.41) is 12.7. The van der Waals surface area contributed by atoms with Gasteiger partial charge < -0.3 is 5.11 Å². The van der Waals surface area contributed by atoms with Crippen LogP contribution >= 0.6 is 0 Å². The molecule has 0 fully saturated rings. The van der Waals surface area contributed by atoms with Crippen molar-refractivity contribution < 1.29 is 9.90 Å². The van der Waals surface area contributed by atoms with E-state index in [0.717, 1.165) is 0 Å². The Morgan fingerprint density at radius 1 is 1.21 bits per heavy atom. The van der Waals surface area contributed by atoms with E-state index in [1.165, 1.54) is 22.5 Å². The second kappa shape index (κ2) is 5.06. The molecule has 0 atom stereocenters. The van der Waals surface area contributed by atoms with Gasteiger partial charge in [-0.1, -0.05) is 26.0 Å². The zero-order valence-corrected chi connectivity index (χ0v) is 10.7. The number of aromatic nitrogens is 2. The first-order chi connectivity index (χ1) is 8.99. The normalized spacial score (nSPS) is 10.7. The fourth-order valence-electron chi connectivity index (χ4n) is 1.71. The van der Waals surface area contributed by atoms with Crippen LogP contribution in [0.5, 0.6) is 0 Å². The average molecular weight is 258 g/mol. The van der Waals surface area contributed by atoms with E-state index in [2.05, 4.69) is 18.9 Å². The summed E-state index contributed by atoms with van der Waals surface area (Å²) in [7, 11) is 0. The third kappa shape index (κ3) is 2.70. The summed E-state index contributed by atoms with van der Waals surface area (Å²) in [5.74, 6) is -0.899. The molecule has 2 aromatic rings. The number of benzene rings is 1. The standard InChI is InChI=1S/C14H14N2O3/c1-9(2)10-3-5-11(6-4-10)16-8-7-12(17)13(15-16)14(18)19/h3-9H,1-2H3,(H,18,19). The van der Waals surface area contributed by atoms with E-state index in [-0.39, 0.29) is 0 Å². The van der Waals surface area contributed by atoms with Gasteiger partial charge in [-0.3, -0.25) is 4.79 Å². The Hall–Kier alpha value is -2.43. The molecule has 1 N–H and O–H groups in total. The summed E-state index contributed by atoms with van der Waals surface area (Å²) in [6, 6.07) is 8.81. The highest BCUT2D eigenvalue weighted by Gasteiger charge is 2.11. The Bertz CT molecular complexity index is 657. The quantitative estimate of drug-likeness (QED) is 0.914. The maximum atomic E-state index is 11.3. The Balaban J connectivity index is 2.44. The summed E-state index contributed by atoms with van der Waals surface area (Å²) in [6.45, 7) is 4.18. The van der Waals surface area contributed by atoms with Gasteiger partial charge in [-0.2, -0.15) is 5.10 Å². The first kappa shape index (κ1) is 13.0. The van der Waals surface area contributed by atoms with Crippen molar-refractivity contribution >= 4 is 5.97 Å². The topological polar surface area (TPSA) is 72.2 Å². The molecule has 2 rings (SSSR count). The van der Waals surface area contributed by atoms with Crippen LogP contribution in [0.4, 0.5) is 0 Å². The van der Waals surface area contributed by atoms with Gasteiger partial charge in [0.25, 0.3) is 0 Å². The first-order valence-electron chi connectivity index (χ1n) is 5.92. The maximum absolute atomic E-state index is 11.3. The SMILES string of the molecule is CC(C)c1ccc(-n2ccc(=O)c(C(=O)O)n2)cc1. The lowest BCUT2D eigenvalue weighted by atomic mass is 10.0. The lowest BCUT2D eigenvalue weighted by molar-refractivity contribution is 0.0687. The van der Waals surface area contributed by atoms with Gasteiger partial charge in [-0.05, 0) is 23.6 Å². The molecule has 0 amide bonds. The van der Waals surface area contributed by atoms with Crippen LogP contribution in [0.15, 0.2) is 41.3 Å². The zero-order valence-electron chi connectivity index (χ0n) is 10.7. The highest BCUT2D eigenvalue weighted by molar-refractivity contribution is 5.84. The molecule has 19 heavy (non-hydrogen) atoms. The van der Waals surface area contributed by atoms with E-state index in [1.807, 2.05) is 24.3 Å². The lowest BCUT2D eigenvalue weighted by Gasteiger charge is -2.08. The number of hydrogen-bond donors (Lipinski definition) is 1. The number of rotatable bonds is 3. The van der Waals surface area contributed by atoms with Crippen molar-refractivity contribution in [3.63, 3.8) is 0 Å². The number of carbonyl (C=O) groups is 1. The van der Waals surface area contributed by atoms with Crippen molar-refractivity contribution in [1.29, 1.82) is 0 Å². The van der Waals surface area contributed by atoms with Gasteiger partial charge in [0, 0.05) is 12.3 Å². The monoisotopic (exact) mass is 258 g/mol. The van der Waals surface area contributed by atoms with Gasteiger partial charge >= 0.3 is 5.97 Å². The van der Waals surface area contributed by atoms with Crippen LogP contribution in [0.2, 0.25) is 0 Å². The summed E-state index contributed by atoms with van der Waals surface area (Å²) in [6.07, 6.45) is 1.46. The summed E-state index contributed by atoms with van der Waals surface area (Å²) >= 11 is 0. The molecule has 0 unspecified atom stereocenters.